The van der Waals surface area contributed by atoms with Crippen molar-refractivity contribution in [3.63, 3.8) is 0 Å². The molecule has 0 radical (unpaired) electrons. The highest BCUT2D eigenvalue weighted by molar-refractivity contribution is 6.04. The van der Waals surface area contributed by atoms with Crippen LogP contribution in [0.25, 0.3) is 0 Å². The van der Waals surface area contributed by atoms with Crippen molar-refractivity contribution in [1.82, 2.24) is 0 Å². The third-order valence-corrected chi connectivity index (χ3v) is 5.69. The molecule has 4 rings (SSSR count). The van der Waals surface area contributed by atoms with Gasteiger partial charge in [-0.1, -0.05) is 24.6 Å². The second-order valence-electron chi connectivity index (χ2n) is 7.72. The largest absolute Gasteiger partial charge is 0.326 e. The van der Waals surface area contributed by atoms with Crippen LogP contribution in [0.1, 0.15) is 30.9 Å². The molecule has 0 aromatic heterocycles. The minimum Gasteiger partial charge on any atom is -0.326 e. The van der Waals surface area contributed by atoms with Gasteiger partial charge in [0.25, 0.3) is 0 Å². The SMILES string of the molecule is CCC(=O)N1CCc2cc(N3CC(C(=O)Nc4ccc(C)cc4)CC3=O)ccc21. The number of nitrogens with zero attached hydrogens (tertiary/aromatic N) is 2. The lowest BCUT2D eigenvalue weighted by molar-refractivity contribution is -0.122. The van der Waals surface area contributed by atoms with E-state index < -0.39 is 0 Å². The molecule has 3 amide bonds. The Balaban J connectivity index is 1.46. The van der Waals surface area contributed by atoms with Crippen molar-refractivity contribution in [3.8, 4) is 0 Å². The van der Waals surface area contributed by atoms with Gasteiger partial charge in [0.15, 0.2) is 0 Å². The number of nitrogens with one attached hydrogen (secondary N) is 1. The van der Waals surface area contributed by atoms with Crippen LogP contribution in [0.5, 0.6) is 0 Å². The number of anilines is 3. The number of carbonyl (C=O) groups is 3. The number of aryl methyl sites for hydroxylation is 1. The van der Waals surface area contributed by atoms with Gasteiger partial charge in [0.1, 0.15) is 0 Å². The van der Waals surface area contributed by atoms with Crippen molar-refractivity contribution in [3.05, 3.63) is 53.6 Å². The molecule has 1 fully saturated rings. The molecule has 2 aliphatic rings. The van der Waals surface area contributed by atoms with Gasteiger partial charge in [0, 0.05) is 43.0 Å². The Bertz CT molecular complexity index is 968. The quantitative estimate of drug-likeness (QED) is 0.870. The summed E-state index contributed by atoms with van der Waals surface area (Å²) in [4.78, 5) is 40.8. The summed E-state index contributed by atoms with van der Waals surface area (Å²) in [6.07, 6.45) is 1.47. The van der Waals surface area contributed by atoms with Gasteiger partial charge in [-0.3, -0.25) is 14.4 Å². The average Bonchev–Trinajstić information content (AvgIpc) is 3.32. The van der Waals surface area contributed by atoms with Crippen molar-refractivity contribution in [1.29, 1.82) is 0 Å². The van der Waals surface area contributed by atoms with Crippen LogP contribution in [0.15, 0.2) is 42.5 Å². The topological polar surface area (TPSA) is 69.7 Å². The third kappa shape index (κ3) is 3.75. The predicted molar refractivity (Wildman–Crippen MR) is 113 cm³/mol. The van der Waals surface area contributed by atoms with E-state index in [1.165, 1.54) is 0 Å². The molecule has 0 aliphatic carbocycles. The average molecular weight is 391 g/mol. The van der Waals surface area contributed by atoms with Crippen LogP contribution in [0, 0.1) is 12.8 Å². The van der Waals surface area contributed by atoms with Crippen LogP contribution in [0.4, 0.5) is 17.1 Å². The van der Waals surface area contributed by atoms with Crippen LogP contribution < -0.4 is 15.1 Å². The maximum atomic E-state index is 12.6. The van der Waals surface area contributed by atoms with Crippen LogP contribution in [-0.4, -0.2) is 30.8 Å². The van der Waals surface area contributed by atoms with Crippen molar-refractivity contribution in [2.45, 2.75) is 33.1 Å². The highest BCUT2D eigenvalue weighted by Gasteiger charge is 2.36. The summed E-state index contributed by atoms with van der Waals surface area (Å²) in [5, 5.41) is 2.91. The zero-order valence-corrected chi connectivity index (χ0v) is 16.8. The number of carbonyl (C=O) groups excluding carboxylic acids is 3. The lowest BCUT2D eigenvalue weighted by atomic mass is 10.1. The Morgan fingerprint density at radius 1 is 1.14 bits per heavy atom. The number of fused-ring (bicyclic) bond motifs is 1. The molecule has 2 aromatic rings. The van der Waals surface area contributed by atoms with Crippen molar-refractivity contribution in [2.24, 2.45) is 5.92 Å². The van der Waals surface area contributed by atoms with Gasteiger partial charge in [0.05, 0.1) is 5.92 Å². The summed E-state index contributed by atoms with van der Waals surface area (Å²) in [7, 11) is 0. The zero-order chi connectivity index (χ0) is 20.5. The minimum atomic E-state index is -0.379. The number of amides is 3. The van der Waals surface area contributed by atoms with Gasteiger partial charge >= 0.3 is 0 Å². The molecule has 1 atom stereocenters. The molecule has 6 heteroatoms. The fraction of sp³-hybridized carbons (Fsp3) is 0.348. The maximum Gasteiger partial charge on any atom is 0.229 e. The number of rotatable bonds is 4. The Kier molecular flexibility index (Phi) is 5.09. The number of hydrogen-bond acceptors (Lipinski definition) is 3. The zero-order valence-electron chi connectivity index (χ0n) is 16.8. The van der Waals surface area contributed by atoms with E-state index in [0.29, 0.717) is 19.5 Å². The molecule has 2 aliphatic heterocycles. The molecule has 150 valence electrons. The first-order valence-corrected chi connectivity index (χ1v) is 10.1. The lowest BCUT2D eigenvalue weighted by Gasteiger charge is -2.20. The van der Waals surface area contributed by atoms with Crippen LogP contribution >= 0.6 is 0 Å². The lowest BCUT2D eigenvalue weighted by Crippen LogP contribution is -2.28. The number of benzene rings is 2. The van der Waals surface area contributed by atoms with Crippen LogP contribution in [-0.2, 0) is 20.8 Å². The van der Waals surface area contributed by atoms with E-state index in [1.807, 2.05) is 61.2 Å². The van der Waals surface area contributed by atoms with E-state index in [4.69, 9.17) is 0 Å². The molecule has 0 saturated carbocycles. The molecule has 2 aromatic carbocycles. The summed E-state index contributed by atoms with van der Waals surface area (Å²) in [6, 6.07) is 13.4. The highest BCUT2D eigenvalue weighted by Crippen LogP contribution is 2.34. The van der Waals surface area contributed by atoms with Crippen molar-refractivity contribution >= 4 is 34.8 Å². The summed E-state index contributed by atoms with van der Waals surface area (Å²) in [5.74, 6) is -0.448. The van der Waals surface area contributed by atoms with E-state index in [1.54, 1.807) is 4.90 Å². The van der Waals surface area contributed by atoms with Crippen molar-refractivity contribution in [2.75, 3.05) is 28.2 Å². The van der Waals surface area contributed by atoms with Gasteiger partial charge in [-0.25, -0.2) is 0 Å². The van der Waals surface area contributed by atoms with Crippen LogP contribution in [0.2, 0.25) is 0 Å². The smallest absolute Gasteiger partial charge is 0.229 e. The second kappa shape index (κ2) is 7.70. The van der Waals surface area contributed by atoms with Crippen molar-refractivity contribution < 1.29 is 14.4 Å². The molecule has 1 N–H and O–H groups in total. The van der Waals surface area contributed by atoms with Gasteiger partial charge < -0.3 is 15.1 Å². The first-order valence-electron chi connectivity index (χ1n) is 10.1. The van der Waals surface area contributed by atoms with Gasteiger partial charge in [-0.15, -0.1) is 0 Å². The number of hydrogen-bond donors (Lipinski definition) is 1. The summed E-state index contributed by atoms with van der Waals surface area (Å²) < 4.78 is 0. The monoisotopic (exact) mass is 391 g/mol. The first-order chi connectivity index (χ1) is 14.0. The van der Waals surface area contributed by atoms with E-state index in [-0.39, 0.29) is 30.1 Å². The van der Waals surface area contributed by atoms with Gasteiger partial charge in [-0.05, 0) is 49.2 Å². The molecule has 1 saturated heterocycles. The normalized spacial score (nSPS) is 18.1. The summed E-state index contributed by atoms with van der Waals surface area (Å²) in [5.41, 5.74) is 4.67. The standard InChI is InChI=1S/C23H25N3O3/c1-3-21(27)25-11-10-16-12-19(8-9-20(16)25)26-14-17(13-22(26)28)23(29)24-18-6-4-15(2)5-7-18/h4-9,12,17H,3,10-11,13-14H2,1-2H3,(H,24,29). The van der Waals surface area contributed by atoms with Gasteiger partial charge in [0.2, 0.25) is 17.7 Å². The fourth-order valence-electron chi connectivity index (χ4n) is 4.02. The Labute approximate surface area is 170 Å². The molecular weight excluding hydrogens is 366 g/mol. The molecule has 2 heterocycles. The van der Waals surface area contributed by atoms with E-state index >= 15 is 0 Å². The Morgan fingerprint density at radius 3 is 2.62 bits per heavy atom. The second-order valence-corrected chi connectivity index (χ2v) is 7.72. The fourth-order valence-corrected chi connectivity index (χ4v) is 4.02. The van der Waals surface area contributed by atoms with Gasteiger partial charge in [-0.2, -0.15) is 0 Å². The highest BCUT2D eigenvalue weighted by atomic mass is 16.2. The van der Waals surface area contributed by atoms with Crippen LogP contribution in [0.3, 0.4) is 0 Å². The van der Waals surface area contributed by atoms with E-state index in [0.717, 1.165) is 34.6 Å². The molecule has 1 unspecified atom stereocenters. The molecule has 29 heavy (non-hydrogen) atoms. The molecule has 0 bridgehead atoms. The predicted octanol–water partition coefficient (Wildman–Crippen LogP) is 3.29. The van der Waals surface area contributed by atoms with E-state index in [2.05, 4.69) is 5.32 Å². The summed E-state index contributed by atoms with van der Waals surface area (Å²) >= 11 is 0. The Hall–Kier alpha value is -3.15. The maximum absolute atomic E-state index is 12.6. The molecule has 0 spiro atoms. The minimum absolute atomic E-state index is 0.0477. The van der Waals surface area contributed by atoms with E-state index in [9.17, 15) is 14.4 Å². The first kappa shape index (κ1) is 19.2. The Morgan fingerprint density at radius 2 is 1.90 bits per heavy atom. The molecular formula is C23H25N3O3. The molecule has 6 nitrogen and oxygen atoms in total. The summed E-state index contributed by atoms with van der Waals surface area (Å²) in [6.45, 7) is 4.90. The third-order valence-electron chi connectivity index (χ3n) is 5.69.